The third-order valence-corrected chi connectivity index (χ3v) is 6.63. The normalized spacial score (nSPS) is 16.4. The number of rotatable bonds is 10. The van der Waals surface area contributed by atoms with Gasteiger partial charge in [0.2, 0.25) is 0 Å². The molecule has 1 heterocycles. The molecular weight excluding hydrogens is 486 g/mol. The summed E-state index contributed by atoms with van der Waals surface area (Å²) >= 11 is 11.8. The highest BCUT2D eigenvalue weighted by Gasteiger charge is 2.24. The third-order valence-electron chi connectivity index (χ3n) is 4.94. The monoisotopic (exact) mass is 518 g/mol. The van der Waals surface area contributed by atoms with Crippen molar-refractivity contribution in [3.8, 4) is 0 Å². The molecule has 0 radical (unpaired) electrons. The summed E-state index contributed by atoms with van der Waals surface area (Å²) in [4.78, 5) is 2.45. The molecule has 2 unspecified atom stereocenters. The summed E-state index contributed by atoms with van der Waals surface area (Å²) in [5.41, 5.74) is 1.47. The van der Waals surface area contributed by atoms with Gasteiger partial charge in [-0.05, 0) is 56.7 Å². The maximum Gasteiger partial charge on any atom is 0.140 e. The largest absolute Gasteiger partial charge is 0.368 e. The van der Waals surface area contributed by atoms with Crippen LogP contribution in [0.1, 0.15) is 20.3 Å². The Bertz CT molecular complexity index is 892. The average molecular weight is 519 g/mol. The first-order chi connectivity index (χ1) is 15.9. The van der Waals surface area contributed by atoms with Gasteiger partial charge in [0.1, 0.15) is 17.1 Å². The van der Waals surface area contributed by atoms with Gasteiger partial charge in [-0.25, -0.2) is 13.5 Å². The molecule has 2 atom stereocenters. The summed E-state index contributed by atoms with van der Waals surface area (Å²) in [5, 5.41) is 12.8. The Morgan fingerprint density at radius 3 is 2.61 bits per heavy atom. The van der Waals surface area contributed by atoms with E-state index in [0.717, 1.165) is 37.1 Å². The van der Waals surface area contributed by atoms with Crippen molar-refractivity contribution in [2.45, 2.75) is 36.7 Å². The molecule has 6 nitrogen and oxygen atoms in total. The summed E-state index contributed by atoms with van der Waals surface area (Å²) in [5.74, 6) is -0.754. The number of nitrogens with one attached hydrogen (secondary N) is 5. The summed E-state index contributed by atoms with van der Waals surface area (Å²) < 4.78 is 31.7. The highest BCUT2D eigenvalue weighted by molar-refractivity contribution is 7.98. The second-order valence-corrected chi connectivity index (χ2v) is 8.93. The van der Waals surface area contributed by atoms with Gasteiger partial charge in [0, 0.05) is 31.9 Å². The molecule has 0 spiro atoms. The molecular formula is C22H33ClF2N6S2. The van der Waals surface area contributed by atoms with Crippen LogP contribution in [0.15, 0.2) is 35.2 Å². The second kappa shape index (κ2) is 14.2. The third kappa shape index (κ3) is 8.17. The quantitative estimate of drug-likeness (QED) is 0.154. The van der Waals surface area contributed by atoms with Crippen LogP contribution in [0, 0.1) is 11.6 Å². The topological polar surface area (TPSA) is 63.4 Å². The van der Waals surface area contributed by atoms with Crippen LogP contribution in [0.2, 0.25) is 5.02 Å². The van der Waals surface area contributed by atoms with Crippen molar-refractivity contribution in [3.05, 3.63) is 47.0 Å². The summed E-state index contributed by atoms with van der Waals surface area (Å²) in [6.45, 7) is 6.13. The lowest BCUT2D eigenvalue weighted by molar-refractivity contribution is 0.591. The number of nitrogens with zero attached hydrogens (tertiary/aromatic N) is 1. The average Bonchev–Trinajstić information content (AvgIpc) is 3.30. The molecule has 5 N–H and O–H groups in total. The van der Waals surface area contributed by atoms with Crippen LogP contribution in [-0.2, 0) is 0 Å². The minimum Gasteiger partial charge on any atom is -0.368 e. The van der Waals surface area contributed by atoms with E-state index >= 15 is 0 Å². The molecule has 2 aromatic carbocycles. The van der Waals surface area contributed by atoms with Gasteiger partial charge < -0.3 is 20.9 Å². The Balaban J connectivity index is 0.00000187. The van der Waals surface area contributed by atoms with Gasteiger partial charge in [0.25, 0.3) is 0 Å². The zero-order valence-corrected chi connectivity index (χ0v) is 21.8. The van der Waals surface area contributed by atoms with Crippen LogP contribution in [0.4, 0.5) is 25.8 Å². The van der Waals surface area contributed by atoms with Crippen LogP contribution in [0.3, 0.4) is 0 Å². The van der Waals surface area contributed by atoms with Crippen molar-refractivity contribution >= 4 is 53.2 Å². The summed E-state index contributed by atoms with van der Waals surface area (Å²) in [6.07, 6.45) is 0.968. The lowest BCUT2D eigenvalue weighted by Gasteiger charge is -2.23. The molecule has 1 fully saturated rings. The molecule has 3 rings (SSSR count). The zero-order valence-electron chi connectivity index (χ0n) is 19.3. The maximum atomic E-state index is 14.7. The predicted octanol–water partition coefficient (Wildman–Crippen LogP) is 4.76. The number of hydrogen-bond donors (Lipinski definition) is 6. The molecule has 33 heavy (non-hydrogen) atoms. The van der Waals surface area contributed by atoms with Crippen LogP contribution in [-0.4, -0.2) is 45.4 Å². The Labute approximate surface area is 210 Å². The number of anilines is 3. The van der Waals surface area contributed by atoms with Gasteiger partial charge in [0.15, 0.2) is 0 Å². The van der Waals surface area contributed by atoms with Crippen molar-refractivity contribution < 1.29 is 8.78 Å². The number of hydrogen-bond acceptors (Lipinski definition) is 8. The fourth-order valence-electron chi connectivity index (χ4n) is 3.29. The fraction of sp³-hybridized carbons (Fsp3) is 0.455. The molecule has 11 heteroatoms. The van der Waals surface area contributed by atoms with Crippen molar-refractivity contribution in [2.24, 2.45) is 0 Å². The molecule has 0 bridgehead atoms. The first kappa shape index (κ1) is 28.0. The Hall–Kier alpha value is -1.27. The van der Waals surface area contributed by atoms with E-state index in [9.17, 15) is 8.78 Å². The first-order valence-electron chi connectivity index (χ1n) is 10.9. The standard InChI is InChI=1S/C20H27ClF2N6S2.C2H6/c1-24-11-26-20(30)28-31-19-8-14(21)17(9-15(19)23)27-16-4-3-12(22)7-18(16)29-6-5-13(10-29)25-2;1-2/h3-4,7-9,13,20,24-28,30H,5-6,10-11H2,1-2H3;1-2H3. The van der Waals surface area contributed by atoms with Gasteiger partial charge in [0.05, 0.1) is 27.0 Å². The van der Waals surface area contributed by atoms with E-state index in [2.05, 4.69) is 43.5 Å². The zero-order chi connectivity index (χ0) is 24.4. The molecule has 0 aliphatic carbocycles. The minimum absolute atomic E-state index is 0.322. The highest BCUT2D eigenvalue weighted by atomic mass is 35.5. The van der Waals surface area contributed by atoms with E-state index in [4.69, 9.17) is 11.6 Å². The Morgan fingerprint density at radius 1 is 1.18 bits per heavy atom. The lowest BCUT2D eigenvalue weighted by atomic mass is 10.2. The molecule has 2 aromatic rings. The number of likely N-dealkylation sites (N-methyl/N-ethyl adjacent to an activating group) is 1. The van der Waals surface area contributed by atoms with Gasteiger partial charge >= 0.3 is 0 Å². The second-order valence-electron chi connectivity index (χ2n) is 7.13. The number of benzene rings is 2. The van der Waals surface area contributed by atoms with Crippen LogP contribution < -0.4 is 30.9 Å². The fourth-order valence-corrected chi connectivity index (χ4v) is 4.47. The number of halogens is 3. The lowest BCUT2D eigenvalue weighted by Crippen LogP contribution is -2.38. The Kier molecular flexibility index (Phi) is 12.0. The first-order valence-corrected chi connectivity index (χ1v) is 12.6. The van der Waals surface area contributed by atoms with E-state index in [1.165, 1.54) is 18.2 Å². The molecule has 1 aliphatic rings. The molecule has 0 aromatic heterocycles. The van der Waals surface area contributed by atoms with Crippen molar-refractivity contribution in [1.82, 2.24) is 20.7 Å². The van der Waals surface area contributed by atoms with E-state index in [1.807, 2.05) is 20.9 Å². The smallest absolute Gasteiger partial charge is 0.140 e. The van der Waals surface area contributed by atoms with E-state index in [1.54, 1.807) is 19.2 Å². The van der Waals surface area contributed by atoms with Crippen LogP contribution in [0.25, 0.3) is 0 Å². The van der Waals surface area contributed by atoms with Gasteiger partial charge in [-0.15, -0.1) is 12.6 Å². The van der Waals surface area contributed by atoms with Crippen LogP contribution in [0.5, 0.6) is 0 Å². The molecule has 184 valence electrons. The van der Waals surface area contributed by atoms with E-state index in [-0.39, 0.29) is 11.3 Å². The molecule has 0 saturated carbocycles. The minimum atomic E-state index is -0.432. The van der Waals surface area contributed by atoms with Crippen molar-refractivity contribution in [1.29, 1.82) is 0 Å². The summed E-state index contributed by atoms with van der Waals surface area (Å²) in [6, 6.07) is 7.75. The molecule has 1 saturated heterocycles. The highest BCUT2D eigenvalue weighted by Crippen LogP contribution is 2.36. The van der Waals surface area contributed by atoms with Crippen molar-refractivity contribution in [2.75, 3.05) is 44.1 Å². The molecule has 1 aliphatic heterocycles. The van der Waals surface area contributed by atoms with Crippen molar-refractivity contribution in [3.63, 3.8) is 0 Å². The van der Waals surface area contributed by atoms with Gasteiger partial charge in [-0.1, -0.05) is 25.4 Å². The Morgan fingerprint density at radius 2 is 1.94 bits per heavy atom. The van der Waals surface area contributed by atoms with E-state index < -0.39 is 5.82 Å². The van der Waals surface area contributed by atoms with Gasteiger partial charge in [-0.2, -0.15) is 0 Å². The number of thiol groups is 1. The molecule has 0 amide bonds. The van der Waals surface area contributed by atoms with E-state index in [0.29, 0.717) is 34.0 Å². The SMILES string of the molecule is CC.CNCNC(S)NSc1cc(Cl)c(Nc2ccc(F)cc2N2CCC(NC)C2)cc1F. The van der Waals surface area contributed by atoms with Gasteiger partial charge in [-0.3, -0.25) is 5.32 Å². The maximum absolute atomic E-state index is 14.7. The predicted molar refractivity (Wildman–Crippen MR) is 141 cm³/mol. The van der Waals surface area contributed by atoms with Crippen LogP contribution >= 0.6 is 36.2 Å². The summed E-state index contributed by atoms with van der Waals surface area (Å²) in [7, 11) is 3.73.